The summed E-state index contributed by atoms with van der Waals surface area (Å²) in [6, 6.07) is 3.17. The van der Waals surface area contributed by atoms with Gasteiger partial charge in [0, 0.05) is 55.9 Å². The van der Waals surface area contributed by atoms with Crippen molar-refractivity contribution in [3.63, 3.8) is 0 Å². The summed E-state index contributed by atoms with van der Waals surface area (Å²) in [5.74, 6) is -0.211. The molecule has 5 N–H and O–H groups in total. The fourth-order valence-corrected chi connectivity index (χ4v) is 3.95. The minimum Gasteiger partial charge on any atom is -0.482 e. The second kappa shape index (κ2) is 8.39. The number of nitrogens with two attached hydrogens (primary N) is 2. The van der Waals surface area contributed by atoms with Gasteiger partial charge in [-0.05, 0) is 25.1 Å². The summed E-state index contributed by atoms with van der Waals surface area (Å²) < 4.78 is 37.6. The Labute approximate surface area is 185 Å². The van der Waals surface area contributed by atoms with Gasteiger partial charge in [-0.25, -0.2) is 9.37 Å². The molecule has 1 saturated heterocycles. The van der Waals surface area contributed by atoms with Crippen LogP contribution >= 0.6 is 23.2 Å². The Kier molecular flexibility index (Phi) is 5.14. The third kappa shape index (κ3) is 3.96. The first-order chi connectivity index (χ1) is 15.1. The van der Waals surface area contributed by atoms with Crippen molar-refractivity contribution in [3.8, 4) is 16.9 Å². The number of rotatable bonds is 5. The minimum absolute atomic E-state index is 0.121. The number of hydrogen-bond donors (Lipinski definition) is 3. The zero-order chi connectivity index (χ0) is 23.2. The second-order valence-corrected chi connectivity index (χ2v) is 7.75. The van der Waals surface area contributed by atoms with Crippen LogP contribution in [0.2, 0.25) is 10.0 Å². The summed E-state index contributed by atoms with van der Waals surface area (Å²) in [5.41, 5.74) is 13.7. The number of benzene rings is 1. The highest BCUT2D eigenvalue weighted by atomic mass is 35.5. The van der Waals surface area contributed by atoms with Crippen molar-refractivity contribution in [1.82, 2.24) is 20.1 Å². The first kappa shape index (κ1) is 18.4. The van der Waals surface area contributed by atoms with Crippen LogP contribution < -0.4 is 21.5 Å². The van der Waals surface area contributed by atoms with Gasteiger partial charge >= 0.3 is 0 Å². The summed E-state index contributed by atoms with van der Waals surface area (Å²) in [6.45, 7) is 0.333. The van der Waals surface area contributed by atoms with Crippen LogP contribution in [0.15, 0.2) is 36.8 Å². The van der Waals surface area contributed by atoms with Crippen LogP contribution in [0.4, 0.5) is 10.2 Å². The molecule has 1 aliphatic heterocycles. The average Bonchev–Trinajstić information content (AvgIpc) is 3.30. The van der Waals surface area contributed by atoms with Gasteiger partial charge in [-0.3, -0.25) is 4.68 Å². The molecule has 3 aromatic rings. The van der Waals surface area contributed by atoms with Crippen LogP contribution in [0.25, 0.3) is 11.1 Å². The topological polar surface area (TPSA) is 104 Å². The van der Waals surface area contributed by atoms with Gasteiger partial charge in [0.1, 0.15) is 11.9 Å². The first-order valence-corrected chi connectivity index (χ1v) is 9.95. The van der Waals surface area contributed by atoms with E-state index in [1.54, 1.807) is 31.6 Å². The standard InChI is InChI=1S/C20H21Cl2FN6O/c1-10(18-13(21)2-3-14(23)19(18)22)30-17-4-11(5-27-20(17)25)12-6-28-29(9-12)16-8-26-7-15(16)24/h2-6,9-10,15-16,26H,7-8,24H2,1H3,(H2,25,27)/t10-,15?,16?/m1/s1/i8D2. The van der Waals surface area contributed by atoms with E-state index in [4.69, 9.17) is 42.1 Å². The molecular weight excluding hydrogens is 430 g/mol. The van der Waals surface area contributed by atoms with Crippen molar-refractivity contribution < 1.29 is 11.9 Å². The van der Waals surface area contributed by atoms with Crippen molar-refractivity contribution in [2.75, 3.05) is 18.8 Å². The molecule has 0 saturated carbocycles. The van der Waals surface area contributed by atoms with Crippen LogP contribution in [0.3, 0.4) is 0 Å². The molecule has 30 heavy (non-hydrogen) atoms. The molecule has 0 bridgehead atoms. The Bertz CT molecular complexity index is 1160. The van der Waals surface area contributed by atoms with Gasteiger partial charge in [0.15, 0.2) is 11.6 Å². The van der Waals surface area contributed by atoms with E-state index < -0.39 is 30.5 Å². The van der Waals surface area contributed by atoms with E-state index in [0.29, 0.717) is 23.2 Å². The second-order valence-electron chi connectivity index (χ2n) is 6.97. The molecule has 158 valence electrons. The molecule has 3 atom stereocenters. The summed E-state index contributed by atoms with van der Waals surface area (Å²) in [5, 5.41) is 7.20. The van der Waals surface area contributed by atoms with Crippen molar-refractivity contribution >= 4 is 29.0 Å². The van der Waals surface area contributed by atoms with E-state index in [-0.39, 0.29) is 21.6 Å². The molecule has 3 heterocycles. The van der Waals surface area contributed by atoms with Gasteiger partial charge in [0.25, 0.3) is 0 Å². The lowest BCUT2D eigenvalue weighted by Gasteiger charge is -2.19. The quantitative estimate of drug-likeness (QED) is 0.511. The van der Waals surface area contributed by atoms with Crippen LogP contribution in [0.5, 0.6) is 5.75 Å². The van der Waals surface area contributed by atoms with E-state index in [0.717, 1.165) is 0 Å². The number of nitrogens with one attached hydrogen (secondary N) is 1. The number of ether oxygens (including phenoxy) is 1. The number of pyridine rings is 1. The minimum atomic E-state index is -1.69. The summed E-state index contributed by atoms with van der Waals surface area (Å²) in [6.07, 6.45) is 4.12. The fraction of sp³-hybridized carbons (Fsp3) is 0.300. The Morgan fingerprint density at radius 2 is 2.17 bits per heavy atom. The summed E-state index contributed by atoms with van der Waals surface area (Å²) in [7, 11) is 0. The largest absolute Gasteiger partial charge is 0.482 e. The number of nitrogen functional groups attached to an aromatic ring is 1. The Hall–Kier alpha value is -2.39. The van der Waals surface area contributed by atoms with Gasteiger partial charge in [0.2, 0.25) is 0 Å². The Balaban J connectivity index is 1.62. The normalized spacial score (nSPS) is 22.4. The lowest BCUT2D eigenvalue weighted by atomic mass is 10.1. The number of hydrogen-bond acceptors (Lipinski definition) is 6. The molecule has 0 aliphatic carbocycles. The highest BCUT2D eigenvalue weighted by molar-refractivity contribution is 6.36. The molecule has 0 amide bonds. The smallest absolute Gasteiger partial charge is 0.166 e. The highest BCUT2D eigenvalue weighted by Gasteiger charge is 2.26. The number of halogens is 3. The first-order valence-electron chi connectivity index (χ1n) is 10.2. The number of aromatic nitrogens is 3. The zero-order valence-electron chi connectivity index (χ0n) is 17.9. The Morgan fingerprint density at radius 1 is 1.37 bits per heavy atom. The van der Waals surface area contributed by atoms with Gasteiger partial charge in [-0.2, -0.15) is 5.10 Å². The predicted molar refractivity (Wildman–Crippen MR) is 115 cm³/mol. The molecule has 1 aliphatic rings. The summed E-state index contributed by atoms with van der Waals surface area (Å²) >= 11 is 12.3. The van der Waals surface area contributed by atoms with Gasteiger partial charge in [-0.15, -0.1) is 0 Å². The predicted octanol–water partition coefficient (Wildman–Crippen LogP) is 3.58. The van der Waals surface area contributed by atoms with E-state index in [1.807, 2.05) is 0 Å². The monoisotopic (exact) mass is 452 g/mol. The highest BCUT2D eigenvalue weighted by Crippen LogP contribution is 2.37. The van der Waals surface area contributed by atoms with Crippen LogP contribution in [-0.2, 0) is 0 Å². The van der Waals surface area contributed by atoms with Crippen LogP contribution in [-0.4, -0.2) is 33.8 Å². The van der Waals surface area contributed by atoms with Crippen LogP contribution in [0.1, 0.15) is 27.4 Å². The fourth-order valence-electron chi connectivity index (χ4n) is 3.27. The average molecular weight is 453 g/mol. The van der Waals surface area contributed by atoms with Gasteiger partial charge < -0.3 is 21.5 Å². The van der Waals surface area contributed by atoms with Crippen LogP contribution in [0, 0.1) is 5.82 Å². The molecule has 0 spiro atoms. The molecule has 0 radical (unpaired) electrons. The van der Waals surface area contributed by atoms with E-state index >= 15 is 0 Å². The molecule has 4 rings (SSSR count). The zero-order valence-corrected chi connectivity index (χ0v) is 17.5. The maximum atomic E-state index is 13.9. The number of nitrogens with zero attached hydrogens (tertiary/aromatic N) is 3. The molecule has 2 aromatic heterocycles. The third-order valence-corrected chi connectivity index (χ3v) is 5.60. The molecule has 10 heteroatoms. The van der Waals surface area contributed by atoms with E-state index in [1.165, 1.54) is 16.8 Å². The van der Waals surface area contributed by atoms with Crippen molar-refractivity contribution in [1.29, 1.82) is 0 Å². The third-order valence-electron chi connectivity index (χ3n) is 4.88. The van der Waals surface area contributed by atoms with E-state index in [9.17, 15) is 4.39 Å². The van der Waals surface area contributed by atoms with E-state index in [2.05, 4.69) is 15.4 Å². The van der Waals surface area contributed by atoms with Gasteiger partial charge in [0.05, 0.1) is 17.3 Å². The van der Waals surface area contributed by atoms with Crippen molar-refractivity contribution in [3.05, 3.63) is 58.2 Å². The molecule has 2 unspecified atom stereocenters. The number of anilines is 1. The summed E-state index contributed by atoms with van der Waals surface area (Å²) in [4.78, 5) is 4.18. The van der Waals surface area contributed by atoms with Crippen molar-refractivity contribution in [2.24, 2.45) is 5.73 Å². The maximum absolute atomic E-state index is 13.9. The lowest BCUT2D eigenvalue weighted by molar-refractivity contribution is 0.227. The lowest BCUT2D eigenvalue weighted by Crippen LogP contribution is -2.31. The van der Waals surface area contributed by atoms with Gasteiger partial charge in [-0.1, -0.05) is 23.2 Å². The maximum Gasteiger partial charge on any atom is 0.166 e. The van der Waals surface area contributed by atoms with Crippen molar-refractivity contribution in [2.45, 2.75) is 25.1 Å². The molecule has 7 nitrogen and oxygen atoms in total. The SMILES string of the molecule is [2H]C1([2H])NCC(N)C1n1cc(-c2cnc(N)c(O[C@H](C)c3c(Cl)ccc(F)c3Cl)c2)cn1. The molecular formula is C20H21Cl2FN6O. The molecule has 1 aromatic carbocycles. The Morgan fingerprint density at radius 3 is 2.90 bits per heavy atom. The molecule has 1 fully saturated rings.